The molecule has 2 aromatic carbocycles. The van der Waals surface area contributed by atoms with E-state index in [1.807, 2.05) is 37.3 Å². The van der Waals surface area contributed by atoms with Crippen LogP contribution in [-0.2, 0) is 16.6 Å². The second-order valence-electron chi connectivity index (χ2n) is 6.14. The molecule has 2 rings (SSSR count). The van der Waals surface area contributed by atoms with Gasteiger partial charge in [-0.05, 0) is 41.8 Å². The molecule has 0 spiro atoms. The predicted octanol–water partition coefficient (Wildman–Crippen LogP) is 3.02. The van der Waals surface area contributed by atoms with E-state index in [1.54, 1.807) is 25.3 Å². The molecule has 0 saturated carbocycles. The third kappa shape index (κ3) is 6.82. The quantitative estimate of drug-likeness (QED) is 0.644. The zero-order valence-electron chi connectivity index (χ0n) is 15.7. The van der Waals surface area contributed by atoms with Crippen LogP contribution in [0, 0.1) is 0 Å². The van der Waals surface area contributed by atoms with Gasteiger partial charge in [0.15, 0.2) is 0 Å². The van der Waals surface area contributed by atoms with Gasteiger partial charge >= 0.3 is 6.03 Å². The van der Waals surface area contributed by atoms with Crippen molar-refractivity contribution >= 4 is 21.7 Å². The van der Waals surface area contributed by atoms with E-state index < -0.39 is 10.0 Å². The van der Waals surface area contributed by atoms with Gasteiger partial charge in [0.2, 0.25) is 10.0 Å². The number of methoxy groups -OCH3 is 1. The van der Waals surface area contributed by atoms with E-state index in [2.05, 4.69) is 15.4 Å². The van der Waals surface area contributed by atoms with Gasteiger partial charge in [0.05, 0.1) is 19.4 Å². The highest BCUT2D eigenvalue weighted by Gasteiger charge is 2.12. The number of benzene rings is 2. The number of sulfonamides is 1. The molecule has 0 bridgehead atoms. The highest BCUT2D eigenvalue weighted by atomic mass is 32.2. The zero-order valence-corrected chi connectivity index (χ0v) is 16.5. The second-order valence-corrected chi connectivity index (χ2v) is 7.88. The molecule has 8 heteroatoms. The number of rotatable bonds is 8. The summed E-state index contributed by atoms with van der Waals surface area (Å²) in [5, 5.41) is 5.74. The molecule has 2 amide bonds. The first-order valence-electron chi connectivity index (χ1n) is 8.55. The fourth-order valence-corrected chi connectivity index (χ4v) is 3.16. The summed E-state index contributed by atoms with van der Waals surface area (Å²) in [6.07, 6.45) is 1.84. The van der Waals surface area contributed by atoms with Crippen LogP contribution in [-0.4, -0.2) is 27.8 Å². The van der Waals surface area contributed by atoms with Crippen molar-refractivity contribution in [3.63, 3.8) is 0 Å². The summed E-state index contributed by atoms with van der Waals surface area (Å²) in [6.45, 7) is 2.28. The number of carbonyl (C=O) groups excluding carboxylic acids is 1. The molecule has 7 nitrogen and oxygen atoms in total. The Hall–Kier alpha value is -2.74. The second kappa shape index (κ2) is 9.27. The van der Waals surface area contributed by atoms with Crippen LogP contribution in [0.15, 0.2) is 48.5 Å². The number of hydrogen-bond acceptors (Lipinski definition) is 4. The lowest BCUT2D eigenvalue weighted by Crippen LogP contribution is -2.37. The number of amides is 2. The molecular weight excluding hydrogens is 366 g/mol. The molecule has 1 atom stereocenters. The molecule has 0 aromatic heterocycles. The molecule has 3 N–H and O–H groups in total. The van der Waals surface area contributed by atoms with Crippen LogP contribution in [0.2, 0.25) is 0 Å². The molecule has 0 radical (unpaired) electrons. The van der Waals surface area contributed by atoms with E-state index >= 15 is 0 Å². The Morgan fingerprint density at radius 3 is 2.44 bits per heavy atom. The van der Waals surface area contributed by atoms with E-state index in [4.69, 9.17) is 4.74 Å². The molecule has 27 heavy (non-hydrogen) atoms. The van der Waals surface area contributed by atoms with E-state index in [-0.39, 0.29) is 18.6 Å². The van der Waals surface area contributed by atoms with Crippen LogP contribution in [0.4, 0.5) is 10.5 Å². The van der Waals surface area contributed by atoms with Gasteiger partial charge in [-0.25, -0.2) is 13.2 Å². The van der Waals surface area contributed by atoms with Crippen LogP contribution >= 0.6 is 0 Å². The van der Waals surface area contributed by atoms with Gasteiger partial charge in [-0.3, -0.25) is 4.72 Å². The average molecular weight is 391 g/mol. The van der Waals surface area contributed by atoms with Gasteiger partial charge in [-0.15, -0.1) is 0 Å². The van der Waals surface area contributed by atoms with Crippen molar-refractivity contribution in [1.82, 2.24) is 10.6 Å². The Morgan fingerprint density at radius 1 is 1.15 bits per heavy atom. The minimum atomic E-state index is -3.34. The number of anilines is 1. The lowest BCUT2D eigenvalue weighted by molar-refractivity contribution is 0.236. The maximum Gasteiger partial charge on any atom is 0.315 e. The molecule has 1 unspecified atom stereocenters. The van der Waals surface area contributed by atoms with Crippen molar-refractivity contribution in [2.75, 3.05) is 18.1 Å². The van der Waals surface area contributed by atoms with Gasteiger partial charge in [0.1, 0.15) is 5.75 Å². The lowest BCUT2D eigenvalue weighted by atomic mass is 10.0. The van der Waals surface area contributed by atoms with E-state index in [9.17, 15) is 13.2 Å². The molecule has 0 fully saturated rings. The summed E-state index contributed by atoms with van der Waals surface area (Å²) in [5.74, 6) is 0.764. The van der Waals surface area contributed by atoms with Gasteiger partial charge in [-0.2, -0.15) is 0 Å². The normalized spacial score (nSPS) is 12.1. The molecular formula is C19H25N3O4S. The summed E-state index contributed by atoms with van der Waals surface area (Å²) in [6, 6.07) is 14.0. The summed E-state index contributed by atoms with van der Waals surface area (Å²) in [4.78, 5) is 12.2. The maximum absolute atomic E-state index is 12.2. The molecule has 146 valence electrons. The summed E-state index contributed by atoms with van der Waals surface area (Å²) in [7, 11) is -1.73. The first kappa shape index (κ1) is 20.6. The maximum atomic E-state index is 12.2. The molecule has 0 saturated heterocycles. The Balaban J connectivity index is 1.93. The van der Waals surface area contributed by atoms with Crippen LogP contribution < -0.4 is 20.1 Å². The smallest absolute Gasteiger partial charge is 0.315 e. The largest absolute Gasteiger partial charge is 0.497 e. The minimum absolute atomic E-state index is 0.117. The molecule has 0 heterocycles. The Labute approximate surface area is 160 Å². The van der Waals surface area contributed by atoms with Gasteiger partial charge in [0, 0.05) is 12.2 Å². The van der Waals surface area contributed by atoms with Crippen molar-refractivity contribution < 1.29 is 17.9 Å². The van der Waals surface area contributed by atoms with Gasteiger partial charge < -0.3 is 15.4 Å². The number of carbonyl (C=O) groups is 1. The third-order valence-corrected chi connectivity index (χ3v) is 4.52. The minimum Gasteiger partial charge on any atom is -0.497 e. The van der Waals surface area contributed by atoms with Crippen molar-refractivity contribution in [3.05, 3.63) is 59.7 Å². The SMILES string of the molecule is CCC(NC(=O)NCc1cccc(NS(C)(=O)=O)c1)c1ccc(OC)cc1. The van der Waals surface area contributed by atoms with E-state index in [0.29, 0.717) is 5.69 Å². The lowest BCUT2D eigenvalue weighted by Gasteiger charge is -2.18. The molecule has 0 aliphatic rings. The van der Waals surface area contributed by atoms with Crippen molar-refractivity contribution in [3.8, 4) is 5.75 Å². The van der Waals surface area contributed by atoms with Crippen LogP contribution in [0.3, 0.4) is 0 Å². The van der Waals surface area contributed by atoms with Gasteiger partial charge in [0.25, 0.3) is 0 Å². The van der Waals surface area contributed by atoms with Crippen LogP contribution in [0.1, 0.15) is 30.5 Å². The number of urea groups is 1. The van der Waals surface area contributed by atoms with Gasteiger partial charge in [-0.1, -0.05) is 31.2 Å². The zero-order chi connectivity index (χ0) is 19.9. The highest BCUT2D eigenvalue weighted by Crippen LogP contribution is 2.20. The Morgan fingerprint density at radius 2 is 1.85 bits per heavy atom. The number of hydrogen-bond donors (Lipinski definition) is 3. The standard InChI is InChI=1S/C19H25N3O4S/c1-4-18(15-8-10-17(26-2)11-9-15)21-19(23)20-13-14-6-5-7-16(12-14)22-27(3,24)25/h5-12,18,22H,4,13H2,1-3H3,(H2,20,21,23). The fraction of sp³-hybridized carbons (Fsp3) is 0.316. The third-order valence-electron chi connectivity index (χ3n) is 3.92. The van der Waals surface area contributed by atoms with Crippen LogP contribution in [0.25, 0.3) is 0 Å². The van der Waals surface area contributed by atoms with Crippen molar-refractivity contribution in [2.24, 2.45) is 0 Å². The monoisotopic (exact) mass is 391 g/mol. The fourth-order valence-electron chi connectivity index (χ4n) is 2.61. The first-order chi connectivity index (χ1) is 12.8. The van der Waals surface area contributed by atoms with E-state index in [1.165, 1.54) is 0 Å². The van der Waals surface area contributed by atoms with Crippen molar-refractivity contribution in [1.29, 1.82) is 0 Å². The summed E-state index contributed by atoms with van der Waals surface area (Å²) >= 11 is 0. The first-order valence-corrected chi connectivity index (χ1v) is 10.4. The average Bonchev–Trinajstić information content (AvgIpc) is 2.63. The Bertz CT molecular complexity index is 867. The molecule has 2 aromatic rings. The van der Waals surface area contributed by atoms with Crippen LogP contribution in [0.5, 0.6) is 5.75 Å². The van der Waals surface area contributed by atoms with Crippen molar-refractivity contribution in [2.45, 2.75) is 25.9 Å². The Kier molecular flexibility index (Phi) is 7.06. The number of ether oxygens (including phenoxy) is 1. The summed E-state index contributed by atoms with van der Waals surface area (Å²) < 4.78 is 30.2. The summed E-state index contributed by atoms with van der Waals surface area (Å²) in [5.41, 5.74) is 2.24. The van der Waals surface area contributed by atoms with E-state index in [0.717, 1.165) is 29.6 Å². The topological polar surface area (TPSA) is 96.5 Å². The molecule has 0 aliphatic carbocycles. The number of nitrogens with one attached hydrogen (secondary N) is 3. The highest BCUT2D eigenvalue weighted by molar-refractivity contribution is 7.92. The molecule has 0 aliphatic heterocycles. The predicted molar refractivity (Wildman–Crippen MR) is 106 cm³/mol.